The van der Waals surface area contributed by atoms with Crippen LogP contribution in [0.5, 0.6) is 0 Å². The maximum atomic E-state index is 11.9. The van der Waals surface area contributed by atoms with Crippen molar-refractivity contribution in [2.45, 2.75) is 30.2 Å². The third-order valence-corrected chi connectivity index (χ3v) is 4.74. The summed E-state index contributed by atoms with van der Waals surface area (Å²) in [6.07, 6.45) is 3.19. The van der Waals surface area contributed by atoms with Crippen LogP contribution in [0.2, 0.25) is 0 Å². The smallest absolute Gasteiger partial charge is 0.269 e. The largest absolute Gasteiger partial charge is 0.352 e. The van der Waals surface area contributed by atoms with Gasteiger partial charge in [-0.2, -0.15) is 0 Å². The van der Waals surface area contributed by atoms with Gasteiger partial charge in [-0.05, 0) is 37.4 Å². The van der Waals surface area contributed by atoms with Crippen molar-refractivity contribution < 1.29 is 9.72 Å². The molecule has 2 unspecified atom stereocenters. The Kier molecular flexibility index (Phi) is 7.64. The van der Waals surface area contributed by atoms with Gasteiger partial charge in [-0.15, -0.1) is 24.2 Å². The van der Waals surface area contributed by atoms with Crippen LogP contribution in [0.1, 0.15) is 19.3 Å². The molecule has 22 heavy (non-hydrogen) atoms. The van der Waals surface area contributed by atoms with Crippen LogP contribution in [-0.4, -0.2) is 29.2 Å². The first-order chi connectivity index (χ1) is 10.1. The standard InChI is InChI=1S/C14H19N3O3S.ClH/c15-8-10-2-1-3-13(10)16-14(18)9-21-12-6-4-11(5-7-12)17(19)20;/h4-7,10,13H,1-3,8-9,15H2,(H,16,18);1H. The Bertz CT molecular complexity index is 513. The molecule has 0 spiro atoms. The molecule has 8 heteroatoms. The molecule has 0 bridgehead atoms. The summed E-state index contributed by atoms with van der Waals surface area (Å²) < 4.78 is 0. The highest BCUT2D eigenvalue weighted by atomic mass is 35.5. The highest BCUT2D eigenvalue weighted by molar-refractivity contribution is 8.00. The molecule has 0 radical (unpaired) electrons. The van der Waals surface area contributed by atoms with E-state index in [4.69, 9.17) is 5.73 Å². The number of benzene rings is 1. The van der Waals surface area contributed by atoms with Gasteiger partial charge in [-0.3, -0.25) is 14.9 Å². The van der Waals surface area contributed by atoms with Crippen LogP contribution in [0, 0.1) is 16.0 Å². The summed E-state index contributed by atoms with van der Waals surface area (Å²) in [5.41, 5.74) is 5.75. The summed E-state index contributed by atoms with van der Waals surface area (Å²) in [4.78, 5) is 22.9. The molecular weight excluding hydrogens is 326 g/mol. The van der Waals surface area contributed by atoms with Crippen molar-refractivity contribution in [2.24, 2.45) is 11.7 Å². The zero-order valence-electron chi connectivity index (χ0n) is 12.1. The van der Waals surface area contributed by atoms with Gasteiger partial charge in [0.05, 0.1) is 10.7 Å². The minimum atomic E-state index is -0.436. The minimum Gasteiger partial charge on any atom is -0.352 e. The van der Waals surface area contributed by atoms with Crippen LogP contribution in [0.15, 0.2) is 29.2 Å². The number of thioether (sulfide) groups is 1. The number of hydrogen-bond acceptors (Lipinski definition) is 5. The van der Waals surface area contributed by atoms with Crippen LogP contribution < -0.4 is 11.1 Å². The van der Waals surface area contributed by atoms with E-state index in [0.29, 0.717) is 18.2 Å². The monoisotopic (exact) mass is 345 g/mol. The van der Waals surface area contributed by atoms with Crippen LogP contribution in [0.3, 0.4) is 0 Å². The van der Waals surface area contributed by atoms with E-state index in [9.17, 15) is 14.9 Å². The molecule has 1 amide bonds. The van der Waals surface area contributed by atoms with Crippen molar-refractivity contribution in [2.75, 3.05) is 12.3 Å². The zero-order chi connectivity index (χ0) is 15.2. The molecule has 2 atom stereocenters. The van der Waals surface area contributed by atoms with E-state index in [1.807, 2.05) is 0 Å². The van der Waals surface area contributed by atoms with Crippen LogP contribution in [-0.2, 0) is 4.79 Å². The Labute approximate surface area is 139 Å². The molecule has 6 nitrogen and oxygen atoms in total. The van der Waals surface area contributed by atoms with E-state index in [1.54, 1.807) is 12.1 Å². The Hall–Kier alpha value is -1.31. The Morgan fingerprint density at radius 2 is 2.05 bits per heavy atom. The summed E-state index contributed by atoms with van der Waals surface area (Å²) in [7, 11) is 0. The second kappa shape index (κ2) is 8.97. The average molecular weight is 346 g/mol. The molecule has 1 saturated carbocycles. The van der Waals surface area contributed by atoms with E-state index in [2.05, 4.69) is 5.32 Å². The van der Waals surface area contributed by atoms with E-state index in [0.717, 1.165) is 24.2 Å². The number of nitro groups is 1. The van der Waals surface area contributed by atoms with Crippen molar-refractivity contribution in [3.63, 3.8) is 0 Å². The van der Waals surface area contributed by atoms with Gasteiger partial charge in [0, 0.05) is 23.1 Å². The predicted octanol–water partition coefficient (Wildman–Crippen LogP) is 2.35. The number of rotatable bonds is 6. The molecule has 1 aliphatic carbocycles. The topological polar surface area (TPSA) is 98.3 Å². The van der Waals surface area contributed by atoms with Gasteiger partial charge in [0.15, 0.2) is 0 Å². The normalized spacial score (nSPS) is 20.2. The number of nitrogens with two attached hydrogens (primary N) is 1. The molecule has 1 fully saturated rings. The fourth-order valence-electron chi connectivity index (χ4n) is 2.57. The quantitative estimate of drug-likeness (QED) is 0.468. The molecule has 0 saturated heterocycles. The third kappa shape index (κ3) is 5.15. The lowest BCUT2D eigenvalue weighted by atomic mass is 10.0. The van der Waals surface area contributed by atoms with E-state index < -0.39 is 4.92 Å². The molecule has 0 aliphatic heterocycles. The maximum Gasteiger partial charge on any atom is 0.269 e. The Balaban J connectivity index is 0.00000242. The Morgan fingerprint density at radius 1 is 1.36 bits per heavy atom. The van der Waals surface area contributed by atoms with E-state index >= 15 is 0 Å². The third-order valence-electron chi connectivity index (χ3n) is 3.73. The van der Waals surface area contributed by atoms with Gasteiger partial charge in [0.25, 0.3) is 5.69 Å². The van der Waals surface area contributed by atoms with E-state index in [1.165, 1.54) is 23.9 Å². The fourth-order valence-corrected chi connectivity index (χ4v) is 3.28. The van der Waals surface area contributed by atoms with Crippen molar-refractivity contribution in [1.29, 1.82) is 0 Å². The van der Waals surface area contributed by atoms with Gasteiger partial charge < -0.3 is 11.1 Å². The summed E-state index contributed by atoms with van der Waals surface area (Å²) in [6, 6.07) is 6.41. The van der Waals surface area contributed by atoms with Gasteiger partial charge in [-0.25, -0.2) is 0 Å². The molecule has 0 heterocycles. The highest BCUT2D eigenvalue weighted by Gasteiger charge is 2.27. The SMILES string of the molecule is Cl.NCC1CCCC1NC(=O)CSc1ccc([N+](=O)[O-])cc1. The predicted molar refractivity (Wildman–Crippen MR) is 89.4 cm³/mol. The van der Waals surface area contributed by atoms with Gasteiger partial charge >= 0.3 is 0 Å². The molecule has 122 valence electrons. The zero-order valence-corrected chi connectivity index (χ0v) is 13.7. The van der Waals surface area contributed by atoms with Crippen LogP contribution in [0.25, 0.3) is 0 Å². The minimum absolute atomic E-state index is 0. The van der Waals surface area contributed by atoms with E-state index in [-0.39, 0.29) is 30.0 Å². The second-order valence-corrected chi connectivity index (χ2v) is 6.19. The van der Waals surface area contributed by atoms with Gasteiger partial charge in [-0.1, -0.05) is 6.42 Å². The first-order valence-corrected chi connectivity index (χ1v) is 7.95. The lowest BCUT2D eigenvalue weighted by Crippen LogP contribution is -2.40. The fraction of sp³-hybridized carbons (Fsp3) is 0.500. The number of non-ortho nitro benzene ring substituents is 1. The number of carbonyl (C=O) groups is 1. The van der Waals surface area contributed by atoms with Gasteiger partial charge in [0.2, 0.25) is 5.91 Å². The molecule has 1 aromatic carbocycles. The summed E-state index contributed by atoms with van der Waals surface area (Å²) in [5.74, 6) is 0.688. The second-order valence-electron chi connectivity index (χ2n) is 5.14. The van der Waals surface area contributed by atoms with Crippen molar-refractivity contribution in [1.82, 2.24) is 5.32 Å². The average Bonchev–Trinajstić information content (AvgIpc) is 2.92. The summed E-state index contributed by atoms with van der Waals surface area (Å²) >= 11 is 1.38. The molecule has 1 aliphatic rings. The highest BCUT2D eigenvalue weighted by Crippen LogP contribution is 2.25. The number of amides is 1. The van der Waals surface area contributed by atoms with Crippen molar-refractivity contribution in [3.8, 4) is 0 Å². The number of halogens is 1. The summed E-state index contributed by atoms with van der Waals surface area (Å²) in [5, 5.41) is 13.6. The lowest BCUT2D eigenvalue weighted by molar-refractivity contribution is -0.384. The van der Waals surface area contributed by atoms with Crippen molar-refractivity contribution >= 4 is 35.8 Å². The van der Waals surface area contributed by atoms with Crippen LogP contribution in [0.4, 0.5) is 5.69 Å². The maximum absolute atomic E-state index is 11.9. The van der Waals surface area contributed by atoms with Gasteiger partial charge in [0.1, 0.15) is 0 Å². The lowest BCUT2D eigenvalue weighted by Gasteiger charge is -2.19. The Morgan fingerprint density at radius 3 is 2.64 bits per heavy atom. The first-order valence-electron chi connectivity index (χ1n) is 6.97. The molecule has 1 aromatic rings. The number of carbonyl (C=O) groups excluding carboxylic acids is 1. The molecule has 3 N–H and O–H groups in total. The number of nitrogens with one attached hydrogen (secondary N) is 1. The van der Waals surface area contributed by atoms with Crippen molar-refractivity contribution in [3.05, 3.63) is 34.4 Å². The number of hydrogen-bond donors (Lipinski definition) is 2. The number of nitrogens with zero attached hydrogens (tertiary/aromatic N) is 1. The molecular formula is C14H20ClN3O3S. The molecule has 0 aromatic heterocycles. The number of nitro benzene ring substituents is 1. The first kappa shape index (κ1) is 18.7. The molecule has 2 rings (SSSR count). The van der Waals surface area contributed by atoms with Crippen LogP contribution >= 0.6 is 24.2 Å². The summed E-state index contributed by atoms with van der Waals surface area (Å²) in [6.45, 7) is 0.612.